The van der Waals surface area contributed by atoms with Gasteiger partial charge in [0.2, 0.25) is 0 Å². The van der Waals surface area contributed by atoms with Crippen molar-refractivity contribution in [3.63, 3.8) is 0 Å². The van der Waals surface area contributed by atoms with E-state index >= 15 is 0 Å². The Bertz CT molecular complexity index is 376. The predicted octanol–water partition coefficient (Wildman–Crippen LogP) is 5.63. The number of rotatable bonds is 25. The summed E-state index contributed by atoms with van der Waals surface area (Å²) in [6.45, 7) is 4.96. The second-order valence-corrected chi connectivity index (χ2v) is 9.00. The van der Waals surface area contributed by atoms with Crippen molar-refractivity contribution in [3.8, 4) is 0 Å². The second kappa shape index (κ2) is 23.6. The third kappa shape index (κ3) is 28.0. The van der Waals surface area contributed by atoms with Crippen molar-refractivity contribution >= 4 is 7.82 Å². The Balaban J connectivity index is 3.03. The maximum absolute atomic E-state index is 10.4. The largest absolute Gasteiger partial charge is 0.469 e. The minimum atomic E-state index is -4.39. The van der Waals surface area contributed by atoms with Gasteiger partial charge in [-0.25, -0.2) is 4.57 Å². The lowest BCUT2D eigenvalue weighted by atomic mass is 10.0. The Morgan fingerprint density at radius 1 is 0.500 bits per heavy atom. The monoisotopic (exact) mass is 454 g/mol. The van der Waals surface area contributed by atoms with Gasteiger partial charge in [0.15, 0.2) is 0 Å². The molecule has 0 aromatic rings. The molecule has 7 nitrogen and oxygen atoms in total. The summed E-state index contributed by atoms with van der Waals surface area (Å²) in [5.74, 6) is 0. The first-order valence-corrected chi connectivity index (χ1v) is 13.5. The molecule has 0 amide bonds. The van der Waals surface area contributed by atoms with E-state index in [1.165, 1.54) is 83.5 Å². The molecule has 8 heteroatoms. The van der Waals surface area contributed by atoms with Gasteiger partial charge in [-0.15, -0.1) is 0 Å². The van der Waals surface area contributed by atoms with Crippen LogP contribution in [0.5, 0.6) is 0 Å². The van der Waals surface area contributed by atoms with Crippen LogP contribution in [0, 0.1) is 0 Å². The fraction of sp³-hybridized carbons (Fsp3) is 1.00. The van der Waals surface area contributed by atoms with Gasteiger partial charge in [-0.1, -0.05) is 90.4 Å². The molecule has 182 valence electrons. The number of phosphoric ester groups is 1. The van der Waals surface area contributed by atoms with Crippen LogP contribution in [-0.2, 0) is 23.3 Å². The molecule has 0 saturated carbocycles. The highest BCUT2D eigenvalue weighted by Gasteiger charge is 2.12. The van der Waals surface area contributed by atoms with E-state index in [1.54, 1.807) is 0 Å². The topological polar surface area (TPSA) is 94.5 Å². The van der Waals surface area contributed by atoms with Gasteiger partial charge < -0.3 is 24.0 Å². The highest BCUT2D eigenvalue weighted by Crippen LogP contribution is 2.35. The van der Waals surface area contributed by atoms with Gasteiger partial charge in [-0.3, -0.25) is 4.52 Å². The Labute approximate surface area is 184 Å². The zero-order chi connectivity index (χ0) is 22.2. The molecule has 0 spiro atoms. The van der Waals surface area contributed by atoms with Crippen LogP contribution in [0.2, 0.25) is 0 Å². The van der Waals surface area contributed by atoms with Crippen LogP contribution >= 0.6 is 7.82 Å². The maximum Gasteiger partial charge on any atom is 0.469 e. The van der Waals surface area contributed by atoms with Crippen molar-refractivity contribution in [1.82, 2.24) is 0 Å². The van der Waals surface area contributed by atoms with Gasteiger partial charge in [-0.05, 0) is 6.42 Å². The fourth-order valence-corrected chi connectivity index (χ4v) is 3.47. The van der Waals surface area contributed by atoms with Gasteiger partial charge in [0, 0.05) is 6.61 Å². The second-order valence-electron chi connectivity index (χ2n) is 7.76. The lowest BCUT2D eigenvalue weighted by Gasteiger charge is -2.08. The van der Waals surface area contributed by atoms with Crippen LogP contribution in [0.1, 0.15) is 96.8 Å². The third-order valence-corrected chi connectivity index (χ3v) is 5.39. The fourth-order valence-electron chi connectivity index (χ4n) is 3.16. The third-order valence-electron chi connectivity index (χ3n) is 4.87. The molecule has 0 aliphatic heterocycles. The Kier molecular flexibility index (Phi) is 23.6. The molecule has 0 aromatic carbocycles. The van der Waals surface area contributed by atoms with Gasteiger partial charge >= 0.3 is 7.82 Å². The first kappa shape index (κ1) is 30.0. The van der Waals surface area contributed by atoms with Crippen LogP contribution in [0.15, 0.2) is 0 Å². The SMILES string of the molecule is CCCCCCCCCCCCCCCCOCCOCCOCCOP(=O)(O)O. The summed E-state index contributed by atoms with van der Waals surface area (Å²) in [7, 11) is -4.39. The molecular formula is C22H47O7P. The first-order chi connectivity index (χ1) is 14.6. The normalized spacial score (nSPS) is 12.0. The molecule has 30 heavy (non-hydrogen) atoms. The standard InChI is InChI=1S/C22H47O7P/c1-2-3-4-5-6-7-8-9-10-11-12-13-14-15-16-26-17-18-27-19-20-28-21-22-29-30(23,24)25/h2-22H2,1H3,(H2,23,24,25). The van der Waals surface area contributed by atoms with Crippen molar-refractivity contribution in [3.05, 3.63) is 0 Å². The molecule has 0 aromatic heterocycles. The van der Waals surface area contributed by atoms with Crippen molar-refractivity contribution in [2.24, 2.45) is 0 Å². The van der Waals surface area contributed by atoms with Gasteiger partial charge in [-0.2, -0.15) is 0 Å². The average Bonchev–Trinajstić information content (AvgIpc) is 2.70. The van der Waals surface area contributed by atoms with Gasteiger partial charge in [0.25, 0.3) is 0 Å². The molecule has 2 N–H and O–H groups in total. The Hall–Kier alpha value is -0.0100. The van der Waals surface area contributed by atoms with Crippen LogP contribution in [0.3, 0.4) is 0 Å². The minimum absolute atomic E-state index is 0.129. The van der Waals surface area contributed by atoms with Crippen molar-refractivity contribution in [2.45, 2.75) is 96.8 Å². The summed E-state index contributed by atoms with van der Waals surface area (Å²) in [5.41, 5.74) is 0. The summed E-state index contributed by atoms with van der Waals surface area (Å²) in [4.78, 5) is 17.0. The van der Waals surface area contributed by atoms with E-state index in [2.05, 4.69) is 11.4 Å². The van der Waals surface area contributed by atoms with Crippen molar-refractivity contribution < 1.29 is 33.1 Å². The van der Waals surface area contributed by atoms with Crippen molar-refractivity contribution in [1.29, 1.82) is 0 Å². The molecule has 0 fully saturated rings. The van der Waals surface area contributed by atoms with Crippen LogP contribution < -0.4 is 0 Å². The van der Waals surface area contributed by atoms with Gasteiger partial charge in [0.05, 0.1) is 39.6 Å². The van der Waals surface area contributed by atoms with Crippen LogP contribution in [0.25, 0.3) is 0 Å². The van der Waals surface area contributed by atoms with E-state index in [-0.39, 0.29) is 13.2 Å². The van der Waals surface area contributed by atoms with E-state index in [9.17, 15) is 4.57 Å². The van der Waals surface area contributed by atoms with E-state index in [0.29, 0.717) is 26.4 Å². The molecule has 0 saturated heterocycles. The highest BCUT2D eigenvalue weighted by molar-refractivity contribution is 7.46. The van der Waals surface area contributed by atoms with Crippen LogP contribution in [-0.4, -0.2) is 56.0 Å². The number of hydrogen-bond donors (Lipinski definition) is 2. The van der Waals surface area contributed by atoms with Gasteiger partial charge in [0.1, 0.15) is 0 Å². The van der Waals surface area contributed by atoms with E-state index < -0.39 is 7.82 Å². The predicted molar refractivity (Wildman–Crippen MR) is 121 cm³/mol. The summed E-state index contributed by atoms with van der Waals surface area (Å²) >= 11 is 0. The van der Waals surface area contributed by atoms with E-state index in [4.69, 9.17) is 24.0 Å². The summed E-state index contributed by atoms with van der Waals surface area (Å²) < 4.78 is 30.7. The molecular weight excluding hydrogens is 407 g/mol. The quantitative estimate of drug-likeness (QED) is 0.136. The van der Waals surface area contributed by atoms with E-state index in [0.717, 1.165) is 13.0 Å². The summed E-state index contributed by atoms with van der Waals surface area (Å²) in [6.07, 6.45) is 19.0. The highest BCUT2D eigenvalue weighted by atomic mass is 31.2. The molecule has 0 aliphatic carbocycles. The smallest absolute Gasteiger partial charge is 0.379 e. The zero-order valence-electron chi connectivity index (χ0n) is 19.2. The first-order valence-electron chi connectivity index (χ1n) is 12.0. The zero-order valence-corrected chi connectivity index (χ0v) is 20.1. The van der Waals surface area contributed by atoms with Crippen LogP contribution in [0.4, 0.5) is 0 Å². The number of hydrogen-bond acceptors (Lipinski definition) is 5. The number of phosphoric acid groups is 1. The van der Waals surface area contributed by atoms with E-state index in [1.807, 2.05) is 0 Å². The molecule has 0 heterocycles. The molecule has 0 rings (SSSR count). The summed E-state index contributed by atoms with van der Waals surface area (Å²) in [6, 6.07) is 0. The minimum Gasteiger partial charge on any atom is -0.379 e. The Morgan fingerprint density at radius 3 is 1.23 bits per heavy atom. The summed E-state index contributed by atoms with van der Waals surface area (Å²) in [5, 5.41) is 0. The lowest BCUT2D eigenvalue weighted by molar-refractivity contribution is 0.00702. The average molecular weight is 455 g/mol. The molecule has 0 radical (unpaired) electrons. The molecule has 0 unspecified atom stereocenters. The maximum atomic E-state index is 10.4. The molecule has 0 bridgehead atoms. The Morgan fingerprint density at radius 2 is 0.833 bits per heavy atom. The lowest BCUT2D eigenvalue weighted by Crippen LogP contribution is -2.11. The number of unbranched alkanes of at least 4 members (excludes halogenated alkanes) is 13. The molecule has 0 aliphatic rings. The molecule has 0 atom stereocenters. The van der Waals surface area contributed by atoms with Crippen molar-refractivity contribution in [2.75, 3.05) is 46.2 Å². The number of ether oxygens (including phenoxy) is 3.